The first kappa shape index (κ1) is 12.9. The van der Waals surface area contributed by atoms with Crippen LogP contribution in [0.25, 0.3) is 0 Å². The molecule has 0 aliphatic carbocycles. The Morgan fingerprint density at radius 1 is 1.05 bits per heavy atom. The number of hydrogen-bond acceptors (Lipinski definition) is 3. The summed E-state index contributed by atoms with van der Waals surface area (Å²) in [6, 6.07) is 15.5. The first-order chi connectivity index (χ1) is 10.3. The molecular weight excluding hydrogens is 260 g/mol. The molecule has 3 nitrogen and oxygen atoms in total. The number of fused-ring (bicyclic) bond motifs is 2. The SMILES string of the molecule is NCC(c1ccc2c(c1)CCO2)N1Cc2ccccc2C1. The quantitative estimate of drug-likeness (QED) is 0.939. The van der Waals surface area contributed by atoms with Gasteiger partial charge >= 0.3 is 0 Å². The molecule has 2 aliphatic rings. The van der Waals surface area contributed by atoms with Crippen LogP contribution in [0.15, 0.2) is 42.5 Å². The number of benzene rings is 2. The Bertz CT molecular complexity index is 643. The maximum absolute atomic E-state index is 6.09. The molecule has 4 rings (SSSR count). The standard InChI is InChI=1S/C18H20N2O/c19-10-17(13-5-6-18-14(9-13)7-8-21-18)20-11-15-3-1-2-4-16(15)12-20/h1-6,9,17H,7-8,10-12,19H2. The average molecular weight is 280 g/mol. The van der Waals surface area contributed by atoms with E-state index in [4.69, 9.17) is 10.5 Å². The molecule has 0 aromatic heterocycles. The maximum atomic E-state index is 6.09. The van der Waals surface area contributed by atoms with E-state index in [1.165, 1.54) is 22.3 Å². The number of nitrogens with zero attached hydrogens (tertiary/aromatic N) is 1. The second-order valence-electron chi connectivity index (χ2n) is 5.89. The molecule has 2 heterocycles. The first-order valence-corrected chi connectivity index (χ1v) is 7.61. The van der Waals surface area contributed by atoms with Gasteiger partial charge in [-0.25, -0.2) is 0 Å². The molecule has 1 unspecified atom stereocenters. The van der Waals surface area contributed by atoms with Gasteiger partial charge in [0.15, 0.2) is 0 Å². The minimum absolute atomic E-state index is 0.281. The third kappa shape index (κ3) is 2.23. The lowest BCUT2D eigenvalue weighted by atomic mass is 10.0. The Balaban J connectivity index is 1.61. The molecule has 2 aromatic rings. The van der Waals surface area contributed by atoms with Crippen molar-refractivity contribution in [2.45, 2.75) is 25.6 Å². The molecule has 3 heteroatoms. The summed E-state index contributed by atoms with van der Waals surface area (Å²) in [6.45, 7) is 3.44. The van der Waals surface area contributed by atoms with Crippen LogP contribution in [0.2, 0.25) is 0 Å². The zero-order chi connectivity index (χ0) is 14.2. The lowest BCUT2D eigenvalue weighted by Crippen LogP contribution is -2.29. The minimum Gasteiger partial charge on any atom is -0.493 e. The van der Waals surface area contributed by atoms with Gasteiger partial charge in [-0.1, -0.05) is 36.4 Å². The largest absolute Gasteiger partial charge is 0.493 e. The van der Waals surface area contributed by atoms with Crippen molar-refractivity contribution in [2.24, 2.45) is 5.73 Å². The van der Waals surface area contributed by atoms with E-state index in [-0.39, 0.29) is 6.04 Å². The van der Waals surface area contributed by atoms with Gasteiger partial charge in [0.2, 0.25) is 0 Å². The summed E-state index contributed by atoms with van der Waals surface area (Å²) < 4.78 is 5.60. The number of nitrogens with two attached hydrogens (primary N) is 1. The summed E-state index contributed by atoms with van der Waals surface area (Å²) in [5.74, 6) is 1.04. The Kier molecular flexibility index (Phi) is 3.17. The Hall–Kier alpha value is -1.84. The fourth-order valence-corrected chi connectivity index (χ4v) is 3.49. The van der Waals surface area contributed by atoms with Crippen molar-refractivity contribution in [1.29, 1.82) is 0 Å². The molecule has 0 spiro atoms. The molecule has 108 valence electrons. The minimum atomic E-state index is 0.281. The van der Waals surface area contributed by atoms with Crippen molar-refractivity contribution in [3.8, 4) is 5.75 Å². The van der Waals surface area contributed by atoms with E-state index >= 15 is 0 Å². The van der Waals surface area contributed by atoms with Gasteiger partial charge in [0.1, 0.15) is 5.75 Å². The van der Waals surface area contributed by atoms with Crippen molar-refractivity contribution >= 4 is 0 Å². The molecule has 2 aromatic carbocycles. The number of hydrogen-bond donors (Lipinski definition) is 1. The fourth-order valence-electron chi connectivity index (χ4n) is 3.49. The van der Waals surface area contributed by atoms with E-state index in [0.29, 0.717) is 6.54 Å². The average Bonchev–Trinajstić information content (AvgIpc) is 3.13. The van der Waals surface area contributed by atoms with Gasteiger partial charge in [-0.15, -0.1) is 0 Å². The summed E-state index contributed by atoms with van der Waals surface area (Å²) in [5.41, 5.74) is 11.6. The molecule has 1 atom stereocenters. The van der Waals surface area contributed by atoms with Gasteiger partial charge in [0.05, 0.1) is 6.61 Å². The van der Waals surface area contributed by atoms with Crippen LogP contribution in [0.3, 0.4) is 0 Å². The first-order valence-electron chi connectivity index (χ1n) is 7.61. The Morgan fingerprint density at radius 3 is 2.52 bits per heavy atom. The fraction of sp³-hybridized carbons (Fsp3) is 0.333. The molecule has 0 saturated heterocycles. The van der Waals surface area contributed by atoms with Gasteiger partial charge in [-0.2, -0.15) is 0 Å². The van der Waals surface area contributed by atoms with Crippen LogP contribution in [-0.2, 0) is 19.5 Å². The van der Waals surface area contributed by atoms with Crippen LogP contribution >= 0.6 is 0 Å². The number of rotatable bonds is 3. The lowest BCUT2D eigenvalue weighted by Gasteiger charge is -2.27. The smallest absolute Gasteiger partial charge is 0.122 e. The third-order valence-electron chi connectivity index (χ3n) is 4.63. The molecule has 2 N–H and O–H groups in total. The summed E-state index contributed by atoms with van der Waals surface area (Å²) in [6.07, 6.45) is 1.01. The van der Waals surface area contributed by atoms with Crippen molar-refractivity contribution in [3.05, 3.63) is 64.7 Å². The normalized spacial score (nSPS) is 18.1. The molecule has 0 fully saturated rings. The van der Waals surface area contributed by atoms with E-state index in [9.17, 15) is 0 Å². The van der Waals surface area contributed by atoms with E-state index in [2.05, 4.69) is 47.4 Å². The van der Waals surface area contributed by atoms with Gasteiger partial charge < -0.3 is 10.5 Å². The topological polar surface area (TPSA) is 38.5 Å². The van der Waals surface area contributed by atoms with Crippen molar-refractivity contribution in [1.82, 2.24) is 4.90 Å². The van der Waals surface area contributed by atoms with Crippen LogP contribution in [0.5, 0.6) is 5.75 Å². The van der Waals surface area contributed by atoms with E-state index in [1.54, 1.807) is 0 Å². The summed E-state index contributed by atoms with van der Waals surface area (Å²) >= 11 is 0. The van der Waals surface area contributed by atoms with E-state index < -0.39 is 0 Å². The predicted octanol–water partition coefficient (Wildman–Crippen LogP) is 2.64. The predicted molar refractivity (Wildman–Crippen MR) is 83.1 cm³/mol. The molecule has 21 heavy (non-hydrogen) atoms. The van der Waals surface area contributed by atoms with Gasteiger partial charge in [0, 0.05) is 32.1 Å². The second kappa shape index (κ2) is 5.17. The van der Waals surface area contributed by atoms with Crippen LogP contribution in [-0.4, -0.2) is 18.1 Å². The summed E-state index contributed by atoms with van der Waals surface area (Å²) in [4.78, 5) is 2.47. The molecule has 0 bridgehead atoms. The van der Waals surface area contributed by atoms with Gasteiger partial charge in [-0.3, -0.25) is 4.90 Å². The van der Waals surface area contributed by atoms with Crippen molar-refractivity contribution < 1.29 is 4.74 Å². The second-order valence-corrected chi connectivity index (χ2v) is 5.89. The van der Waals surface area contributed by atoms with E-state index in [1.807, 2.05) is 0 Å². The van der Waals surface area contributed by atoms with Crippen molar-refractivity contribution in [3.63, 3.8) is 0 Å². The molecule has 0 saturated carbocycles. The summed E-state index contributed by atoms with van der Waals surface area (Å²) in [5, 5.41) is 0. The highest BCUT2D eigenvalue weighted by Crippen LogP contribution is 2.34. The van der Waals surface area contributed by atoms with Gasteiger partial charge in [-0.05, 0) is 28.3 Å². The highest BCUT2D eigenvalue weighted by Gasteiger charge is 2.26. The summed E-state index contributed by atoms with van der Waals surface area (Å²) in [7, 11) is 0. The zero-order valence-corrected chi connectivity index (χ0v) is 12.1. The molecule has 0 amide bonds. The van der Waals surface area contributed by atoms with Crippen LogP contribution in [0, 0.1) is 0 Å². The molecule has 2 aliphatic heterocycles. The monoisotopic (exact) mass is 280 g/mol. The van der Waals surface area contributed by atoms with E-state index in [0.717, 1.165) is 31.9 Å². The van der Waals surface area contributed by atoms with Crippen LogP contribution in [0.1, 0.15) is 28.3 Å². The number of ether oxygens (including phenoxy) is 1. The Labute approximate surface area is 125 Å². The highest BCUT2D eigenvalue weighted by atomic mass is 16.5. The molecule has 0 radical (unpaired) electrons. The van der Waals surface area contributed by atoms with Gasteiger partial charge in [0.25, 0.3) is 0 Å². The van der Waals surface area contributed by atoms with Crippen LogP contribution in [0.4, 0.5) is 0 Å². The Morgan fingerprint density at radius 2 is 1.81 bits per heavy atom. The highest BCUT2D eigenvalue weighted by molar-refractivity contribution is 5.41. The van der Waals surface area contributed by atoms with Crippen molar-refractivity contribution in [2.75, 3.05) is 13.2 Å². The lowest BCUT2D eigenvalue weighted by molar-refractivity contribution is 0.205. The maximum Gasteiger partial charge on any atom is 0.122 e. The van der Waals surface area contributed by atoms with Crippen LogP contribution < -0.4 is 10.5 Å². The third-order valence-corrected chi connectivity index (χ3v) is 4.63. The zero-order valence-electron chi connectivity index (χ0n) is 12.1. The molecular formula is C18H20N2O.